The molecule has 0 bridgehead atoms. The zero-order chi connectivity index (χ0) is 15.7. The molecule has 2 aromatic carbocycles. The summed E-state index contributed by atoms with van der Waals surface area (Å²) in [4.78, 5) is 4.53. The predicted molar refractivity (Wildman–Crippen MR) is 106 cm³/mol. The van der Waals surface area contributed by atoms with Crippen molar-refractivity contribution in [1.29, 1.82) is 0 Å². The number of nitrogens with zero attached hydrogens (tertiary/aromatic N) is 1. The van der Waals surface area contributed by atoms with Crippen molar-refractivity contribution in [3.8, 4) is 5.75 Å². The highest BCUT2D eigenvalue weighted by Gasteiger charge is 2.11. The fourth-order valence-corrected chi connectivity index (χ4v) is 2.71. The van der Waals surface area contributed by atoms with Crippen LogP contribution in [-0.4, -0.2) is 4.98 Å². The van der Waals surface area contributed by atoms with Gasteiger partial charge in [-0.15, -0.1) is 24.8 Å². The topological polar surface area (TPSA) is 48.1 Å². The molecule has 2 N–H and O–H groups in total. The van der Waals surface area contributed by atoms with Crippen molar-refractivity contribution in [3.05, 3.63) is 63.8 Å². The minimum Gasteiger partial charge on any atom is -0.487 e. The van der Waals surface area contributed by atoms with Crippen LogP contribution >= 0.6 is 48.0 Å². The van der Waals surface area contributed by atoms with E-state index < -0.39 is 0 Å². The first-order chi connectivity index (χ1) is 10.6. The highest BCUT2D eigenvalue weighted by atomic mass is 35.5. The summed E-state index contributed by atoms with van der Waals surface area (Å²) in [5.74, 6) is 0.691. The zero-order valence-electron chi connectivity index (χ0n) is 12.8. The maximum absolute atomic E-state index is 6.20. The second kappa shape index (κ2) is 8.63. The Morgan fingerprint density at radius 1 is 1.04 bits per heavy atom. The van der Waals surface area contributed by atoms with E-state index in [1.807, 2.05) is 37.3 Å². The number of rotatable bonds is 3. The number of fused-ring (bicyclic) bond motifs is 1. The van der Waals surface area contributed by atoms with E-state index in [1.54, 1.807) is 12.1 Å². The second-order valence-electron chi connectivity index (χ2n) is 5.00. The summed E-state index contributed by atoms with van der Waals surface area (Å²) >= 11 is 12.4. The molecule has 0 spiro atoms. The number of benzene rings is 2. The molecule has 1 heterocycles. The molecule has 7 heteroatoms. The van der Waals surface area contributed by atoms with E-state index in [1.165, 1.54) is 0 Å². The lowest BCUT2D eigenvalue weighted by atomic mass is 10.2. The van der Waals surface area contributed by atoms with Crippen LogP contribution in [0.3, 0.4) is 0 Å². The highest BCUT2D eigenvalue weighted by molar-refractivity contribution is 6.37. The minimum atomic E-state index is 0. The molecule has 1 aromatic heterocycles. The smallest absolute Gasteiger partial charge is 0.146 e. The molecule has 0 unspecified atom stereocenters. The van der Waals surface area contributed by atoms with Gasteiger partial charge in [0, 0.05) is 21.7 Å². The quantitative estimate of drug-likeness (QED) is 0.555. The van der Waals surface area contributed by atoms with Crippen LogP contribution < -0.4 is 10.5 Å². The number of aryl methyl sites for hydroxylation is 1. The van der Waals surface area contributed by atoms with Crippen molar-refractivity contribution in [2.75, 3.05) is 5.73 Å². The molecule has 3 nitrogen and oxygen atoms in total. The first kappa shape index (κ1) is 20.7. The molecule has 0 saturated carbocycles. The van der Waals surface area contributed by atoms with Gasteiger partial charge in [0.15, 0.2) is 0 Å². The van der Waals surface area contributed by atoms with Crippen molar-refractivity contribution in [2.45, 2.75) is 13.5 Å². The largest absolute Gasteiger partial charge is 0.487 e. The fraction of sp³-hybridized carbons (Fsp3) is 0.118. The van der Waals surface area contributed by atoms with Gasteiger partial charge < -0.3 is 10.5 Å². The monoisotopic (exact) mass is 404 g/mol. The zero-order valence-corrected chi connectivity index (χ0v) is 15.9. The summed E-state index contributed by atoms with van der Waals surface area (Å²) in [6.07, 6.45) is 0. The first-order valence-electron chi connectivity index (χ1n) is 6.78. The number of para-hydroxylation sites is 1. The molecule has 0 aliphatic heterocycles. The highest BCUT2D eigenvalue weighted by Crippen LogP contribution is 2.32. The van der Waals surface area contributed by atoms with Gasteiger partial charge in [-0.25, -0.2) is 4.98 Å². The van der Waals surface area contributed by atoms with Crippen LogP contribution in [0.15, 0.2) is 42.5 Å². The number of nitrogen functional groups attached to an aromatic ring is 1. The van der Waals surface area contributed by atoms with Gasteiger partial charge in [-0.3, -0.25) is 0 Å². The van der Waals surface area contributed by atoms with Crippen molar-refractivity contribution < 1.29 is 4.74 Å². The van der Waals surface area contributed by atoms with Crippen molar-refractivity contribution >= 4 is 64.6 Å². The number of halogens is 4. The van der Waals surface area contributed by atoms with Crippen LogP contribution in [0.4, 0.5) is 5.69 Å². The molecule has 0 fully saturated rings. The standard InChI is InChI=1S/C17H14Cl2N2O.2ClH/c1-10-5-6-11-3-2-4-15(17(11)21-10)22-9-12-13(18)7-8-14(20)16(12)19;;/h2-8H,9,20H2,1H3;2*1H. The molecule has 0 aliphatic carbocycles. The van der Waals surface area contributed by atoms with Gasteiger partial charge in [0.05, 0.1) is 10.7 Å². The van der Waals surface area contributed by atoms with E-state index in [2.05, 4.69) is 4.98 Å². The van der Waals surface area contributed by atoms with E-state index >= 15 is 0 Å². The van der Waals surface area contributed by atoms with E-state index in [4.69, 9.17) is 33.7 Å². The molecular weight excluding hydrogens is 390 g/mol. The summed E-state index contributed by atoms with van der Waals surface area (Å²) in [5, 5.41) is 1.98. The third-order valence-electron chi connectivity index (χ3n) is 3.41. The van der Waals surface area contributed by atoms with Gasteiger partial charge in [0.1, 0.15) is 17.9 Å². The number of ether oxygens (including phenoxy) is 1. The van der Waals surface area contributed by atoms with Gasteiger partial charge >= 0.3 is 0 Å². The lowest BCUT2D eigenvalue weighted by Crippen LogP contribution is -2.01. The average Bonchev–Trinajstić information content (AvgIpc) is 2.51. The van der Waals surface area contributed by atoms with Crippen LogP contribution in [-0.2, 0) is 6.61 Å². The average molecular weight is 406 g/mol. The molecular formula is C17H16Cl4N2O. The molecule has 3 aromatic rings. The Labute approximate surface area is 162 Å². The second-order valence-corrected chi connectivity index (χ2v) is 5.78. The van der Waals surface area contributed by atoms with E-state index in [9.17, 15) is 0 Å². The number of aromatic nitrogens is 1. The minimum absolute atomic E-state index is 0. The maximum Gasteiger partial charge on any atom is 0.146 e. The van der Waals surface area contributed by atoms with Crippen LogP contribution in [0.2, 0.25) is 10.0 Å². The lowest BCUT2D eigenvalue weighted by Gasteiger charge is -2.12. The number of hydrogen-bond donors (Lipinski definition) is 1. The Bertz CT molecular complexity index is 855. The predicted octanol–water partition coefficient (Wildman–Crippen LogP) is 5.85. The van der Waals surface area contributed by atoms with Crippen molar-refractivity contribution in [2.24, 2.45) is 0 Å². The molecule has 24 heavy (non-hydrogen) atoms. The summed E-state index contributed by atoms with van der Waals surface area (Å²) in [5.41, 5.74) is 8.72. The molecule has 128 valence electrons. The van der Waals surface area contributed by atoms with Gasteiger partial charge in [0.25, 0.3) is 0 Å². The van der Waals surface area contributed by atoms with Crippen LogP contribution in [0.1, 0.15) is 11.3 Å². The number of hydrogen-bond acceptors (Lipinski definition) is 3. The summed E-state index contributed by atoms with van der Waals surface area (Å²) in [7, 11) is 0. The van der Waals surface area contributed by atoms with Crippen molar-refractivity contribution in [1.82, 2.24) is 4.98 Å². The third kappa shape index (κ3) is 4.17. The SMILES string of the molecule is Cc1ccc2cccc(OCc3c(Cl)ccc(N)c3Cl)c2n1.Cl.Cl. The summed E-state index contributed by atoms with van der Waals surface area (Å²) < 4.78 is 5.89. The number of pyridine rings is 1. The van der Waals surface area contributed by atoms with E-state index in [0.717, 1.165) is 16.6 Å². The van der Waals surface area contributed by atoms with E-state index in [0.29, 0.717) is 27.0 Å². The Kier molecular flexibility index (Phi) is 7.43. The Morgan fingerprint density at radius 3 is 2.54 bits per heavy atom. The van der Waals surface area contributed by atoms with Crippen LogP contribution in [0.5, 0.6) is 5.75 Å². The Hall–Kier alpha value is -1.39. The third-order valence-corrected chi connectivity index (χ3v) is 4.21. The van der Waals surface area contributed by atoms with Crippen LogP contribution in [0, 0.1) is 6.92 Å². The number of anilines is 1. The Morgan fingerprint density at radius 2 is 1.79 bits per heavy atom. The van der Waals surface area contributed by atoms with Crippen LogP contribution in [0.25, 0.3) is 10.9 Å². The van der Waals surface area contributed by atoms with E-state index in [-0.39, 0.29) is 31.4 Å². The summed E-state index contributed by atoms with van der Waals surface area (Å²) in [6.45, 7) is 2.18. The first-order valence-corrected chi connectivity index (χ1v) is 7.53. The summed E-state index contributed by atoms with van der Waals surface area (Å²) in [6, 6.07) is 13.2. The fourth-order valence-electron chi connectivity index (χ4n) is 2.23. The molecule has 0 saturated heterocycles. The molecule has 0 radical (unpaired) electrons. The van der Waals surface area contributed by atoms with Gasteiger partial charge in [-0.05, 0) is 31.2 Å². The van der Waals surface area contributed by atoms with Gasteiger partial charge in [0.2, 0.25) is 0 Å². The maximum atomic E-state index is 6.20. The lowest BCUT2D eigenvalue weighted by molar-refractivity contribution is 0.309. The molecule has 0 aliphatic rings. The van der Waals surface area contributed by atoms with Gasteiger partial charge in [-0.1, -0.05) is 41.4 Å². The van der Waals surface area contributed by atoms with Gasteiger partial charge in [-0.2, -0.15) is 0 Å². The molecule has 0 atom stereocenters. The molecule has 0 amide bonds. The Balaban J connectivity index is 0.00000144. The van der Waals surface area contributed by atoms with Crippen molar-refractivity contribution in [3.63, 3.8) is 0 Å². The number of nitrogens with two attached hydrogens (primary N) is 1. The molecule has 3 rings (SSSR count). The normalized spacial score (nSPS) is 9.96.